The van der Waals surface area contributed by atoms with E-state index in [1.54, 1.807) is 12.1 Å². The van der Waals surface area contributed by atoms with Gasteiger partial charge < -0.3 is 16.5 Å². The number of halogens is 1. The number of primary amides is 1. The molecule has 0 spiro atoms. The van der Waals surface area contributed by atoms with Crippen LogP contribution in [-0.2, 0) is 4.79 Å². The molecule has 0 unspecified atom stereocenters. The van der Waals surface area contributed by atoms with Crippen molar-refractivity contribution in [3.05, 3.63) is 28.8 Å². The van der Waals surface area contributed by atoms with Crippen LogP contribution in [0.15, 0.2) is 18.2 Å². The molecule has 2 amide bonds. The Kier molecular flexibility index (Phi) is 4.10. The molecule has 0 saturated carbocycles. The van der Waals surface area contributed by atoms with Crippen molar-refractivity contribution < 1.29 is 9.59 Å². The van der Waals surface area contributed by atoms with Gasteiger partial charge in [-0.1, -0.05) is 11.6 Å². The number of carbonyl (C=O) groups is 2. The lowest BCUT2D eigenvalue weighted by molar-refractivity contribution is -0.117. The van der Waals surface area contributed by atoms with Gasteiger partial charge in [-0.3, -0.25) is 15.4 Å². The standard InChI is InChI=1S/C9H11ClN4O2/c10-5-1-2-7(14-12)6(3-5)9(16)13-4-8(11)15/h1-3,14H,4,12H2,(H2,11,15)(H,13,16). The van der Waals surface area contributed by atoms with Gasteiger partial charge in [0.2, 0.25) is 5.91 Å². The summed E-state index contributed by atoms with van der Waals surface area (Å²) in [6.45, 7) is -0.241. The number of anilines is 1. The van der Waals surface area contributed by atoms with E-state index in [4.69, 9.17) is 23.2 Å². The average molecular weight is 243 g/mol. The first-order chi connectivity index (χ1) is 7.54. The van der Waals surface area contributed by atoms with Crippen LogP contribution in [0.3, 0.4) is 0 Å². The van der Waals surface area contributed by atoms with Crippen LogP contribution >= 0.6 is 11.6 Å². The minimum absolute atomic E-state index is 0.241. The molecule has 0 radical (unpaired) electrons. The molecule has 7 heteroatoms. The van der Waals surface area contributed by atoms with Gasteiger partial charge in [-0.2, -0.15) is 0 Å². The van der Waals surface area contributed by atoms with Crippen molar-refractivity contribution in [3.63, 3.8) is 0 Å². The van der Waals surface area contributed by atoms with Gasteiger partial charge in [0, 0.05) is 5.02 Å². The van der Waals surface area contributed by atoms with Gasteiger partial charge in [-0.25, -0.2) is 0 Å². The number of hydrogen-bond acceptors (Lipinski definition) is 4. The Bertz CT molecular complexity index is 422. The van der Waals surface area contributed by atoms with Crippen molar-refractivity contribution in [3.8, 4) is 0 Å². The van der Waals surface area contributed by atoms with Crippen LogP contribution in [0.2, 0.25) is 5.02 Å². The second-order valence-corrected chi connectivity index (χ2v) is 3.42. The van der Waals surface area contributed by atoms with Gasteiger partial charge in [-0.05, 0) is 18.2 Å². The molecule has 0 aliphatic heterocycles. The van der Waals surface area contributed by atoms with Crippen molar-refractivity contribution in [2.24, 2.45) is 11.6 Å². The van der Waals surface area contributed by atoms with Gasteiger partial charge in [0.05, 0.1) is 17.8 Å². The maximum atomic E-state index is 11.6. The first-order valence-electron chi connectivity index (χ1n) is 4.37. The zero-order valence-corrected chi connectivity index (χ0v) is 9.04. The molecule has 0 heterocycles. The molecule has 6 nitrogen and oxygen atoms in total. The van der Waals surface area contributed by atoms with E-state index >= 15 is 0 Å². The average Bonchev–Trinajstić information content (AvgIpc) is 2.25. The lowest BCUT2D eigenvalue weighted by atomic mass is 10.1. The number of hydrazine groups is 1. The Morgan fingerprint density at radius 3 is 2.62 bits per heavy atom. The van der Waals surface area contributed by atoms with E-state index in [-0.39, 0.29) is 12.1 Å². The SMILES string of the molecule is NNc1ccc(Cl)cc1C(=O)NCC(N)=O. The fourth-order valence-corrected chi connectivity index (χ4v) is 1.26. The predicted octanol–water partition coefficient (Wildman–Crippen LogP) is -0.159. The van der Waals surface area contributed by atoms with Crippen LogP contribution < -0.4 is 22.3 Å². The smallest absolute Gasteiger partial charge is 0.253 e. The zero-order chi connectivity index (χ0) is 12.1. The summed E-state index contributed by atoms with van der Waals surface area (Å²) in [4.78, 5) is 22.1. The van der Waals surface area contributed by atoms with Crippen molar-refractivity contribution in [2.45, 2.75) is 0 Å². The van der Waals surface area contributed by atoms with E-state index in [9.17, 15) is 9.59 Å². The van der Waals surface area contributed by atoms with E-state index in [2.05, 4.69) is 10.7 Å². The molecule has 0 aromatic heterocycles. The molecule has 0 aliphatic rings. The summed E-state index contributed by atoms with van der Waals surface area (Å²) in [5, 5.41) is 2.72. The highest BCUT2D eigenvalue weighted by molar-refractivity contribution is 6.31. The molecule has 86 valence electrons. The normalized spacial score (nSPS) is 9.62. The maximum absolute atomic E-state index is 11.6. The summed E-state index contributed by atoms with van der Waals surface area (Å²) in [7, 11) is 0. The number of hydrogen-bond donors (Lipinski definition) is 4. The van der Waals surface area contributed by atoms with Gasteiger partial charge in [-0.15, -0.1) is 0 Å². The molecular weight excluding hydrogens is 232 g/mol. The van der Waals surface area contributed by atoms with Crippen LogP contribution in [0.25, 0.3) is 0 Å². The predicted molar refractivity (Wildman–Crippen MR) is 60.8 cm³/mol. The number of nitrogens with one attached hydrogen (secondary N) is 2. The molecule has 1 aromatic rings. The summed E-state index contributed by atoms with van der Waals surface area (Å²) < 4.78 is 0. The first kappa shape index (κ1) is 12.3. The monoisotopic (exact) mass is 242 g/mol. The lowest BCUT2D eigenvalue weighted by Crippen LogP contribution is -2.33. The second kappa shape index (κ2) is 5.34. The Balaban J connectivity index is 2.88. The third-order valence-electron chi connectivity index (χ3n) is 1.80. The maximum Gasteiger partial charge on any atom is 0.253 e. The highest BCUT2D eigenvalue weighted by atomic mass is 35.5. The Morgan fingerprint density at radius 2 is 2.06 bits per heavy atom. The fraction of sp³-hybridized carbons (Fsp3) is 0.111. The van der Waals surface area contributed by atoms with Crippen molar-refractivity contribution in [1.29, 1.82) is 0 Å². The Labute approximate surface area is 96.9 Å². The van der Waals surface area contributed by atoms with Gasteiger partial charge in [0.1, 0.15) is 0 Å². The largest absolute Gasteiger partial charge is 0.368 e. The van der Waals surface area contributed by atoms with Crippen molar-refractivity contribution >= 4 is 29.1 Å². The number of amides is 2. The molecule has 0 atom stereocenters. The molecular formula is C9H11ClN4O2. The van der Waals surface area contributed by atoms with E-state index in [0.29, 0.717) is 10.7 Å². The number of benzene rings is 1. The second-order valence-electron chi connectivity index (χ2n) is 2.98. The lowest BCUT2D eigenvalue weighted by Gasteiger charge is -2.08. The number of nitrogens with two attached hydrogens (primary N) is 2. The minimum atomic E-state index is -0.627. The summed E-state index contributed by atoms with van der Waals surface area (Å²) in [6.07, 6.45) is 0. The summed E-state index contributed by atoms with van der Waals surface area (Å²) >= 11 is 5.74. The first-order valence-corrected chi connectivity index (χ1v) is 4.75. The van der Waals surface area contributed by atoms with Crippen molar-refractivity contribution in [2.75, 3.05) is 12.0 Å². The van der Waals surface area contributed by atoms with Gasteiger partial charge in [0.15, 0.2) is 0 Å². The highest BCUT2D eigenvalue weighted by Gasteiger charge is 2.11. The quantitative estimate of drug-likeness (QED) is 0.434. The molecule has 0 aliphatic carbocycles. The van der Waals surface area contributed by atoms with Crippen LogP contribution in [0.5, 0.6) is 0 Å². The third kappa shape index (κ3) is 3.11. The van der Waals surface area contributed by atoms with Crippen LogP contribution in [0.1, 0.15) is 10.4 Å². The van der Waals surface area contributed by atoms with E-state index in [0.717, 1.165) is 0 Å². The zero-order valence-electron chi connectivity index (χ0n) is 8.29. The number of rotatable bonds is 4. The fourth-order valence-electron chi connectivity index (χ4n) is 1.09. The third-order valence-corrected chi connectivity index (χ3v) is 2.04. The molecule has 1 aromatic carbocycles. The minimum Gasteiger partial charge on any atom is -0.368 e. The Hall–Kier alpha value is -1.79. The molecule has 0 saturated heterocycles. The summed E-state index contributed by atoms with van der Waals surface area (Å²) in [5.41, 5.74) is 7.91. The number of carbonyl (C=O) groups excluding carboxylic acids is 2. The molecule has 0 fully saturated rings. The Morgan fingerprint density at radius 1 is 1.38 bits per heavy atom. The number of nitrogen functional groups attached to an aromatic ring is 1. The summed E-state index contributed by atoms with van der Waals surface area (Å²) in [6, 6.07) is 4.58. The molecule has 6 N–H and O–H groups in total. The molecule has 0 bridgehead atoms. The molecule has 16 heavy (non-hydrogen) atoms. The van der Waals surface area contributed by atoms with Gasteiger partial charge in [0.25, 0.3) is 5.91 Å². The van der Waals surface area contributed by atoms with E-state index in [1.807, 2.05) is 0 Å². The van der Waals surface area contributed by atoms with Crippen LogP contribution in [-0.4, -0.2) is 18.4 Å². The summed E-state index contributed by atoms with van der Waals surface area (Å²) in [5.74, 6) is 4.13. The highest BCUT2D eigenvalue weighted by Crippen LogP contribution is 2.19. The van der Waals surface area contributed by atoms with E-state index in [1.165, 1.54) is 6.07 Å². The van der Waals surface area contributed by atoms with Crippen LogP contribution in [0.4, 0.5) is 5.69 Å². The topological polar surface area (TPSA) is 110 Å². The van der Waals surface area contributed by atoms with Crippen molar-refractivity contribution in [1.82, 2.24) is 5.32 Å². The van der Waals surface area contributed by atoms with Gasteiger partial charge >= 0.3 is 0 Å². The molecule has 1 rings (SSSR count). The van der Waals surface area contributed by atoms with Crippen LogP contribution in [0, 0.1) is 0 Å². The van der Waals surface area contributed by atoms with E-state index < -0.39 is 11.8 Å².